The first-order valence-corrected chi connectivity index (χ1v) is 5.71. The zero-order chi connectivity index (χ0) is 14.0. The molecule has 0 aliphatic heterocycles. The number of rotatable bonds is 10. The highest BCUT2D eigenvalue weighted by Crippen LogP contribution is 1.97. The number of hydrogen-bond acceptors (Lipinski definition) is 5. The highest BCUT2D eigenvalue weighted by Gasteiger charge is 2.16. The number of aliphatic carboxylic acids is 1. The van der Waals surface area contributed by atoms with Crippen molar-refractivity contribution in [3.05, 3.63) is 0 Å². The summed E-state index contributed by atoms with van der Waals surface area (Å²) in [6.45, 7) is 1.99. The molecule has 0 unspecified atom stereocenters. The van der Waals surface area contributed by atoms with Crippen LogP contribution in [0, 0.1) is 0 Å². The predicted octanol–water partition coefficient (Wildman–Crippen LogP) is -0.839. The van der Waals surface area contributed by atoms with Crippen LogP contribution in [0.15, 0.2) is 0 Å². The number of carboxylic acids is 1. The van der Waals surface area contributed by atoms with Gasteiger partial charge in [-0.15, -0.1) is 0 Å². The van der Waals surface area contributed by atoms with E-state index >= 15 is 0 Å². The molecule has 0 aliphatic rings. The third-order valence-electron chi connectivity index (χ3n) is 2.16. The molecule has 18 heavy (non-hydrogen) atoms. The summed E-state index contributed by atoms with van der Waals surface area (Å²) in [4.78, 5) is 32.6. The molecule has 0 heterocycles. The number of likely N-dealkylation sites (N-methyl/N-ethyl adjacent to an activating group) is 1. The van der Waals surface area contributed by atoms with Gasteiger partial charge in [0.2, 0.25) is 5.91 Å². The number of carbonyl (C=O) groups is 3. The lowest BCUT2D eigenvalue weighted by Gasteiger charge is -2.14. The molecule has 0 radical (unpaired) electrons. The molecule has 0 rings (SSSR count). The Kier molecular flexibility index (Phi) is 8.77. The quantitative estimate of drug-likeness (QED) is 0.442. The summed E-state index contributed by atoms with van der Waals surface area (Å²) in [5.41, 5.74) is 0. The van der Waals surface area contributed by atoms with Gasteiger partial charge >= 0.3 is 5.97 Å². The molecule has 1 atom stereocenters. The monoisotopic (exact) mass is 260 g/mol. The van der Waals surface area contributed by atoms with E-state index in [4.69, 9.17) is 9.84 Å². The standard InChI is InChI=1S/C11H20N2O5/c1-8(14)7-18-6-5-13-11(17)9(12-2)3-4-10(15)16/h9,12H,3-7H2,1-2H3,(H,13,17)(H,15,16)/t9-/m1/s1. The number of carboxylic acid groups (broad SMARTS) is 1. The van der Waals surface area contributed by atoms with Crippen LogP contribution in [-0.4, -0.2) is 55.6 Å². The molecule has 0 fully saturated rings. The van der Waals surface area contributed by atoms with Gasteiger partial charge < -0.3 is 20.5 Å². The fourth-order valence-electron chi connectivity index (χ4n) is 1.26. The Morgan fingerprint density at radius 2 is 2.00 bits per heavy atom. The van der Waals surface area contributed by atoms with E-state index < -0.39 is 12.0 Å². The molecule has 0 aliphatic carbocycles. The Labute approximate surface area is 106 Å². The van der Waals surface area contributed by atoms with E-state index in [2.05, 4.69) is 10.6 Å². The van der Waals surface area contributed by atoms with Gasteiger partial charge in [-0.2, -0.15) is 0 Å². The maximum absolute atomic E-state index is 11.6. The smallest absolute Gasteiger partial charge is 0.303 e. The normalized spacial score (nSPS) is 11.9. The first kappa shape index (κ1) is 16.5. The second-order valence-corrected chi connectivity index (χ2v) is 3.82. The minimum absolute atomic E-state index is 0.0321. The lowest BCUT2D eigenvalue weighted by atomic mass is 10.1. The molecule has 0 spiro atoms. The van der Waals surface area contributed by atoms with Crippen molar-refractivity contribution < 1.29 is 24.2 Å². The number of ether oxygens (including phenoxy) is 1. The SMILES string of the molecule is CN[C@H](CCC(=O)O)C(=O)NCCOCC(C)=O. The van der Waals surface area contributed by atoms with Crippen LogP contribution in [0.2, 0.25) is 0 Å². The number of nitrogens with one attached hydrogen (secondary N) is 2. The van der Waals surface area contributed by atoms with E-state index in [0.717, 1.165) is 0 Å². The average Bonchev–Trinajstić information content (AvgIpc) is 2.28. The Bertz CT molecular complexity index is 293. The number of ketones is 1. The molecule has 0 saturated heterocycles. The molecule has 0 saturated carbocycles. The van der Waals surface area contributed by atoms with Crippen LogP contribution in [0.3, 0.4) is 0 Å². The lowest BCUT2D eigenvalue weighted by Crippen LogP contribution is -2.43. The van der Waals surface area contributed by atoms with Gasteiger partial charge in [-0.25, -0.2) is 0 Å². The minimum atomic E-state index is -0.937. The van der Waals surface area contributed by atoms with Crippen molar-refractivity contribution in [1.82, 2.24) is 10.6 Å². The number of amides is 1. The van der Waals surface area contributed by atoms with Crippen LogP contribution in [0.5, 0.6) is 0 Å². The van der Waals surface area contributed by atoms with Crippen LogP contribution in [0.25, 0.3) is 0 Å². The summed E-state index contributed by atoms with van der Waals surface area (Å²) >= 11 is 0. The molecule has 104 valence electrons. The van der Waals surface area contributed by atoms with Crippen LogP contribution >= 0.6 is 0 Å². The van der Waals surface area contributed by atoms with E-state index in [9.17, 15) is 14.4 Å². The van der Waals surface area contributed by atoms with Gasteiger partial charge in [-0.1, -0.05) is 0 Å². The van der Waals surface area contributed by atoms with Crippen molar-refractivity contribution in [2.75, 3.05) is 26.8 Å². The van der Waals surface area contributed by atoms with Gasteiger partial charge in [0.15, 0.2) is 5.78 Å². The van der Waals surface area contributed by atoms with Crippen molar-refractivity contribution in [1.29, 1.82) is 0 Å². The van der Waals surface area contributed by atoms with Crippen molar-refractivity contribution in [3.8, 4) is 0 Å². The average molecular weight is 260 g/mol. The maximum Gasteiger partial charge on any atom is 0.303 e. The second-order valence-electron chi connectivity index (χ2n) is 3.82. The number of carbonyl (C=O) groups excluding carboxylic acids is 2. The zero-order valence-electron chi connectivity index (χ0n) is 10.7. The Morgan fingerprint density at radius 3 is 2.50 bits per heavy atom. The fourth-order valence-corrected chi connectivity index (χ4v) is 1.26. The first-order chi connectivity index (χ1) is 8.47. The molecule has 7 nitrogen and oxygen atoms in total. The molecular formula is C11H20N2O5. The van der Waals surface area contributed by atoms with Crippen LogP contribution in [-0.2, 0) is 19.1 Å². The lowest BCUT2D eigenvalue weighted by molar-refractivity contribution is -0.137. The molecule has 0 bridgehead atoms. The molecule has 7 heteroatoms. The Morgan fingerprint density at radius 1 is 1.33 bits per heavy atom. The summed E-state index contributed by atoms with van der Waals surface area (Å²) in [7, 11) is 1.60. The van der Waals surface area contributed by atoms with Crippen LogP contribution in [0.4, 0.5) is 0 Å². The van der Waals surface area contributed by atoms with Crippen molar-refractivity contribution in [2.24, 2.45) is 0 Å². The van der Waals surface area contributed by atoms with Gasteiger partial charge in [0.25, 0.3) is 0 Å². The van der Waals surface area contributed by atoms with E-state index in [0.29, 0.717) is 0 Å². The van der Waals surface area contributed by atoms with Crippen LogP contribution in [0.1, 0.15) is 19.8 Å². The van der Waals surface area contributed by atoms with Gasteiger partial charge in [0.1, 0.15) is 6.61 Å². The molecule has 0 aromatic heterocycles. The largest absolute Gasteiger partial charge is 0.481 e. The summed E-state index contributed by atoms with van der Waals surface area (Å²) in [6, 6.07) is -0.533. The highest BCUT2D eigenvalue weighted by atomic mass is 16.5. The summed E-state index contributed by atoms with van der Waals surface area (Å²) < 4.78 is 4.98. The Hall–Kier alpha value is -1.47. The summed E-state index contributed by atoms with van der Waals surface area (Å²) in [6.07, 6.45) is 0.158. The Balaban J connectivity index is 3.76. The third kappa shape index (κ3) is 8.66. The highest BCUT2D eigenvalue weighted by molar-refractivity contribution is 5.82. The van der Waals surface area contributed by atoms with E-state index in [1.165, 1.54) is 6.92 Å². The van der Waals surface area contributed by atoms with Crippen molar-refractivity contribution in [3.63, 3.8) is 0 Å². The topological polar surface area (TPSA) is 105 Å². The molecule has 0 aromatic carbocycles. The number of hydrogen-bond donors (Lipinski definition) is 3. The summed E-state index contributed by atoms with van der Waals surface area (Å²) in [5.74, 6) is -1.28. The van der Waals surface area contributed by atoms with Crippen LogP contribution < -0.4 is 10.6 Å². The first-order valence-electron chi connectivity index (χ1n) is 5.71. The minimum Gasteiger partial charge on any atom is -0.481 e. The van der Waals surface area contributed by atoms with Gasteiger partial charge in [0, 0.05) is 13.0 Å². The van der Waals surface area contributed by atoms with Gasteiger partial charge in [-0.3, -0.25) is 14.4 Å². The predicted molar refractivity (Wildman–Crippen MR) is 64.2 cm³/mol. The maximum atomic E-state index is 11.6. The number of Topliss-reactive ketones (excluding diaryl/α,β-unsaturated/α-hetero) is 1. The molecule has 1 amide bonds. The van der Waals surface area contributed by atoms with Gasteiger partial charge in [0.05, 0.1) is 12.6 Å². The van der Waals surface area contributed by atoms with E-state index in [1.807, 2.05) is 0 Å². The molecular weight excluding hydrogens is 240 g/mol. The zero-order valence-corrected chi connectivity index (χ0v) is 10.7. The van der Waals surface area contributed by atoms with Crippen molar-refractivity contribution in [2.45, 2.75) is 25.8 Å². The third-order valence-corrected chi connectivity index (χ3v) is 2.16. The summed E-state index contributed by atoms with van der Waals surface area (Å²) in [5, 5.41) is 13.9. The molecule has 3 N–H and O–H groups in total. The fraction of sp³-hybridized carbons (Fsp3) is 0.727. The van der Waals surface area contributed by atoms with Gasteiger partial charge in [-0.05, 0) is 20.4 Å². The molecule has 0 aromatic rings. The van der Waals surface area contributed by atoms with E-state index in [1.54, 1.807) is 7.05 Å². The second kappa shape index (κ2) is 9.55. The van der Waals surface area contributed by atoms with E-state index in [-0.39, 0.29) is 44.3 Å². The van der Waals surface area contributed by atoms with Crippen molar-refractivity contribution >= 4 is 17.7 Å².